The quantitative estimate of drug-likeness (QED) is 0.879. The van der Waals surface area contributed by atoms with Gasteiger partial charge in [-0.15, -0.1) is 0 Å². The van der Waals surface area contributed by atoms with Crippen LogP contribution in [0.1, 0.15) is 33.9 Å². The zero-order valence-corrected chi connectivity index (χ0v) is 14.0. The minimum Gasteiger partial charge on any atom is -0.369 e. The van der Waals surface area contributed by atoms with Crippen molar-refractivity contribution in [2.45, 2.75) is 18.9 Å². The summed E-state index contributed by atoms with van der Waals surface area (Å²) in [6.45, 7) is 2.41. The van der Waals surface area contributed by atoms with Gasteiger partial charge in [0.15, 0.2) is 0 Å². The van der Waals surface area contributed by atoms with Crippen LogP contribution in [-0.2, 0) is 11.2 Å². The number of fused-ring (bicyclic) bond motifs is 2. The maximum Gasteiger partial charge on any atom is 0.252 e. The van der Waals surface area contributed by atoms with Crippen molar-refractivity contribution >= 4 is 17.5 Å². The van der Waals surface area contributed by atoms with E-state index in [1.807, 2.05) is 18.2 Å². The summed E-state index contributed by atoms with van der Waals surface area (Å²) >= 11 is 0. The molecule has 2 heterocycles. The average Bonchev–Trinajstić information content (AvgIpc) is 3.17. The molecule has 5 heteroatoms. The molecule has 0 aliphatic carbocycles. The molecule has 4 rings (SSSR count). The topological polar surface area (TPSA) is 61.4 Å². The molecule has 1 atom stereocenters. The molecule has 25 heavy (non-hydrogen) atoms. The van der Waals surface area contributed by atoms with Crippen LogP contribution in [0.4, 0.5) is 5.69 Å². The average molecular weight is 335 g/mol. The summed E-state index contributed by atoms with van der Waals surface area (Å²) in [6.07, 6.45) is 1.34. The number of carbonyl (C=O) groups excluding carboxylic acids is 2. The number of amides is 2. The van der Waals surface area contributed by atoms with E-state index in [4.69, 9.17) is 0 Å². The Labute approximate surface area is 147 Å². The van der Waals surface area contributed by atoms with Crippen LogP contribution < -0.4 is 15.5 Å². The van der Waals surface area contributed by atoms with Gasteiger partial charge < -0.3 is 15.5 Å². The van der Waals surface area contributed by atoms with Crippen LogP contribution in [0.15, 0.2) is 48.5 Å². The first-order chi connectivity index (χ1) is 12.2. The number of rotatable bonds is 5. The molecule has 0 saturated heterocycles. The van der Waals surface area contributed by atoms with E-state index in [0.717, 1.165) is 25.1 Å². The molecule has 0 saturated carbocycles. The van der Waals surface area contributed by atoms with E-state index in [2.05, 4.69) is 39.8 Å². The van der Waals surface area contributed by atoms with Gasteiger partial charge in [0.1, 0.15) is 0 Å². The fraction of sp³-hybridized carbons (Fsp3) is 0.300. The number of nitrogens with one attached hydrogen (secondary N) is 2. The summed E-state index contributed by atoms with van der Waals surface area (Å²) in [4.78, 5) is 26.5. The summed E-state index contributed by atoms with van der Waals surface area (Å²) < 4.78 is 0. The molecule has 128 valence electrons. The van der Waals surface area contributed by atoms with Crippen molar-refractivity contribution in [3.05, 3.63) is 65.2 Å². The fourth-order valence-corrected chi connectivity index (χ4v) is 3.71. The van der Waals surface area contributed by atoms with Gasteiger partial charge in [-0.2, -0.15) is 0 Å². The van der Waals surface area contributed by atoms with Crippen molar-refractivity contribution in [3.8, 4) is 0 Å². The Morgan fingerprint density at radius 1 is 1.16 bits per heavy atom. The van der Waals surface area contributed by atoms with Crippen molar-refractivity contribution < 1.29 is 9.59 Å². The molecule has 2 N–H and O–H groups in total. The lowest BCUT2D eigenvalue weighted by Crippen LogP contribution is -2.35. The molecule has 0 unspecified atom stereocenters. The standard InChI is InChI=1S/C20H21N3O2/c24-19(13-17-15-6-2-3-7-16(15)20(25)22-17)21-10-12-23-11-9-14-5-1-4-8-18(14)23/h1-8,17H,9-13H2,(H,21,24)(H,22,25)/t17-/m1/s1. The van der Waals surface area contributed by atoms with Crippen LogP contribution in [0.2, 0.25) is 0 Å². The lowest BCUT2D eigenvalue weighted by atomic mass is 10.0. The normalized spacial score (nSPS) is 17.8. The van der Waals surface area contributed by atoms with Gasteiger partial charge in [0.2, 0.25) is 5.91 Å². The molecular weight excluding hydrogens is 314 g/mol. The SMILES string of the molecule is O=C(C[C@H]1NC(=O)c2ccccc21)NCCN1CCc2ccccc21. The van der Waals surface area contributed by atoms with Crippen molar-refractivity contribution in [1.82, 2.24) is 10.6 Å². The van der Waals surface area contributed by atoms with E-state index in [0.29, 0.717) is 12.1 Å². The highest BCUT2D eigenvalue weighted by Gasteiger charge is 2.29. The van der Waals surface area contributed by atoms with Crippen molar-refractivity contribution in [2.24, 2.45) is 0 Å². The van der Waals surface area contributed by atoms with Crippen LogP contribution in [0.25, 0.3) is 0 Å². The van der Waals surface area contributed by atoms with Crippen molar-refractivity contribution in [3.63, 3.8) is 0 Å². The summed E-state index contributed by atoms with van der Waals surface area (Å²) in [7, 11) is 0. The first-order valence-corrected chi connectivity index (χ1v) is 8.72. The summed E-state index contributed by atoms with van der Waals surface area (Å²) in [5.41, 5.74) is 4.23. The van der Waals surface area contributed by atoms with Crippen LogP contribution in [0, 0.1) is 0 Å². The molecule has 0 bridgehead atoms. The van der Waals surface area contributed by atoms with Gasteiger partial charge >= 0.3 is 0 Å². The Morgan fingerprint density at radius 3 is 2.88 bits per heavy atom. The molecule has 0 fully saturated rings. The van der Waals surface area contributed by atoms with Gasteiger partial charge in [0.05, 0.1) is 12.5 Å². The number of hydrogen-bond donors (Lipinski definition) is 2. The number of carbonyl (C=O) groups is 2. The predicted molar refractivity (Wildman–Crippen MR) is 96.6 cm³/mol. The first kappa shape index (κ1) is 15.7. The molecule has 2 aliphatic heterocycles. The largest absolute Gasteiger partial charge is 0.369 e. The zero-order valence-electron chi connectivity index (χ0n) is 14.0. The van der Waals surface area contributed by atoms with Crippen LogP contribution in [0.3, 0.4) is 0 Å². The predicted octanol–water partition coefficient (Wildman–Crippen LogP) is 2.04. The lowest BCUT2D eigenvalue weighted by Gasteiger charge is -2.20. The van der Waals surface area contributed by atoms with E-state index in [9.17, 15) is 9.59 Å². The number of nitrogens with zero attached hydrogens (tertiary/aromatic N) is 1. The maximum absolute atomic E-state index is 12.3. The minimum absolute atomic E-state index is 0.0329. The second kappa shape index (κ2) is 6.59. The Bertz CT molecular complexity index is 818. The van der Waals surface area contributed by atoms with Crippen LogP contribution in [0.5, 0.6) is 0 Å². The van der Waals surface area contributed by atoms with Crippen molar-refractivity contribution in [1.29, 1.82) is 0 Å². The monoisotopic (exact) mass is 335 g/mol. The summed E-state index contributed by atoms with van der Waals surface area (Å²) in [5, 5.41) is 5.87. The van der Waals surface area contributed by atoms with E-state index < -0.39 is 0 Å². The minimum atomic E-state index is -0.226. The van der Waals surface area contributed by atoms with Gasteiger partial charge in [0.25, 0.3) is 5.91 Å². The molecule has 2 aromatic rings. The molecule has 0 aromatic heterocycles. The smallest absolute Gasteiger partial charge is 0.252 e. The number of anilines is 1. The Morgan fingerprint density at radius 2 is 1.96 bits per heavy atom. The summed E-state index contributed by atoms with van der Waals surface area (Å²) in [6, 6.07) is 15.6. The maximum atomic E-state index is 12.3. The fourth-order valence-electron chi connectivity index (χ4n) is 3.71. The van der Waals surface area contributed by atoms with Gasteiger partial charge in [-0.3, -0.25) is 9.59 Å². The molecule has 2 aliphatic rings. The Kier molecular flexibility index (Phi) is 4.14. The zero-order chi connectivity index (χ0) is 17.2. The van der Waals surface area contributed by atoms with E-state index in [1.165, 1.54) is 11.3 Å². The highest BCUT2D eigenvalue weighted by molar-refractivity contribution is 5.99. The van der Waals surface area contributed by atoms with Gasteiger partial charge in [-0.1, -0.05) is 36.4 Å². The van der Waals surface area contributed by atoms with Gasteiger partial charge in [-0.25, -0.2) is 0 Å². The third kappa shape index (κ3) is 3.09. The number of benzene rings is 2. The highest BCUT2D eigenvalue weighted by Crippen LogP contribution is 2.28. The molecule has 2 amide bonds. The molecule has 0 radical (unpaired) electrons. The molecule has 2 aromatic carbocycles. The number of para-hydroxylation sites is 1. The third-order valence-corrected chi connectivity index (χ3v) is 4.96. The van der Waals surface area contributed by atoms with Crippen LogP contribution >= 0.6 is 0 Å². The first-order valence-electron chi connectivity index (χ1n) is 8.72. The Balaban J connectivity index is 1.29. The third-order valence-electron chi connectivity index (χ3n) is 4.96. The second-order valence-corrected chi connectivity index (χ2v) is 6.53. The second-order valence-electron chi connectivity index (χ2n) is 6.53. The molecule has 0 spiro atoms. The van der Waals surface area contributed by atoms with Crippen molar-refractivity contribution in [2.75, 3.05) is 24.5 Å². The van der Waals surface area contributed by atoms with Gasteiger partial charge in [0, 0.05) is 30.9 Å². The highest BCUT2D eigenvalue weighted by atomic mass is 16.2. The molecular formula is C20H21N3O2. The Hall–Kier alpha value is -2.82. The van der Waals surface area contributed by atoms with E-state index in [1.54, 1.807) is 6.07 Å². The number of hydrogen-bond acceptors (Lipinski definition) is 3. The van der Waals surface area contributed by atoms with E-state index >= 15 is 0 Å². The summed E-state index contributed by atoms with van der Waals surface area (Å²) in [5.74, 6) is -0.128. The molecule has 5 nitrogen and oxygen atoms in total. The van der Waals surface area contributed by atoms with Crippen LogP contribution in [-0.4, -0.2) is 31.4 Å². The lowest BCUT2D eigenvalue weighted by molar-refractivity contribution is -0.121. The van der Waals surface area contributed by atoms with E-state index in [-0.39, 0.29) is 24.3 Å². The van der Waals surface area contributed by atoms with Gasteiger partial charge in [-0.05, 0) is 29.7 Å².